The quantitative estimate of drug-likeness (QED) is 0.0413. The Labute approximate surface area is 260 Å². The van der Waals surface area contributed by atoms with E-state index in [2.05, 4.69) is 26.0 Å². The maximum Gasteiger partial charge on any atom is 0.120 e. The largest absolute Gasteiger partial charge is 0.303 e. The van der Waals surface area contributed by atoms with Crippen LogP contribution in [-0.4, -0.2) is 6.29 Å². The molecule has 0 aliphatic rings. The third-order valence-electron chi connectivity index (χ3n) is 9.27. The molecular formula is C40H78O. The summed E-state index contributed by atoms with van der Waals surface area (Å²) in [5.74, 6) is 0.645. The molecule has 0 amide bonds. The van der Waals surface area contributed by atoms with Crippen LogP contribution < -0.4 is 0 Å². The Kier molecular flexibility index (Phi) is 36.9. The van der Waals surface area contributed by atoms with E-state index in [4.69, 9.17) is 0 Å². The van der Waals surface area contributed by atoms with E-state index in [1.807, 2.05) is 0 Å². The molecule has 0 N–H and O–H groups in total. The predicted octanol–water partition coefficient (Wildman–Crippen LogP) is 14.7. The molecule has 0 aromatic rings. The number of carbonyl (C=O) groups excluding carboxylic acids is 1. The predicted molar refractivity (Wildman–Crippen MR) is 187 cm³/mol. The molecule has 0 saturated carbocycles. The average Bonchev–Trinajstić information content (AvgIpc) is 2.98. The molecule has 0 saturated heterocycles. The normalized spacial score (nSPS) is 12.4. The van der Waals surface area contributed by atoms with Crippen LogP contribution in [0.4, 0.5) is 0 Å². The summed E-state index contributed by atoms with van der Waals surface area (Å²) in [7, 11) is 0. The Hall–Kier alpha value is -0.590. The highest BCUT2D eigenvalue weighted by Gasteiger charge is 2.08. The summed E-state index contributed by atoms with van der Waals surface area (Å²) in [6.45, 7) is 4.59. The highest BCUT2D eigenvalue weighted by atomic mass is 16.1. The standard InChI is InChI=1S/C40H78O/c1-3-5-7-9-11-13-15-17-18-19-20-21-22-23-25-27-29-31-33-35-37-40(38-39-41)36-34-32-30-28-26-24-16-14-12-10-8-6-4-2/h24,26,39-40H,3-23,25,27-38H2,1-2H3. The van der Waals surface area contributed by atoms with Crippen LogP contribution in [0.1, 0.15) is 232 Å². The highest BCUT2D eigenvalue weighted by Crippen LogP contribution is 2.21. The van der Waals surface area contributed by atoms with Gasteiger partial charge in [-0.1, -0.05) is 212 Å². The van der Waals surface area contributed by atoms with Gasteiger partial charge in [0.2, 0.25) is 0 Å². The average molecular weight is 575 g/mol. The second-order valence-corrected chi connectivity index (χ2v) is 13.4. The minimum atomic E-state index is 0.645. The summed E-state index contributed by atoms with van der Waals surface area (Å²) in [6.07, 6.45) is 53.0. The molecule has 0 bridgehead atoms. The van der Waals surface area contributed by atoms with Crippen LogP contribution in [0.5, 0.6) is 0 Å². The van der Waals surface area contributed by atoms with Gasteiger partial charge in [0, 0.05) is 6.42 Å². The van der Waals surface area contributed by atoms with Gasteiger partial charge >= 0.3 is 0 Å². The summed E-state index contributed by atoms with van der Waals surface area (Å²) >= 11 is 0. The molecule has 0 aliphatic carbocycles. The molecule has 0 rings (SSSR count). The third-order valence-corrected chi connectivity index (χ3v) is 9.27. The fraction of sp³-hybridized carbons (Fsp3) is 0.925. The fourth-order valence-electron chi connectivity index (χ4n) is 6.35. The Bertz CT molecular complexity index is 495. The molecule has 0 radical (unpaired) electrons. The van der Waals surface area contributed by atoms with Gasteiger partial charge in [-0.05, 0) is 31.6 Å². The number of unbranched alkanes of at least 4 members (excludes halogenated alkanes) is 28. The van der Waals surface area contributed by atoms with Crippen LogP contribution in [0.25, 0.3) is 0 Å². The lowest BCUT2D eigenvalue weighted by Crippen LogP contribution is -2.02. The third kappa shape index (κ3) is 35.5. The van der Waals surface area contributed by atoms with E-state index in [1.165, 1.54) is 218 Å². The zero-order valence-corrected chi connectivity index (χ0v) is 28.8. The molecular weight excluding hydrogens is 496 g/mol. The molecule has 1 atom stereocenters. The van der Waals surface area contributed by atoms with Crippen molar-refractivity contribution in [3.05, 3.63) is 12.2 Å². The van der Waals surface area contributed by atoms with Gasteiger partial charge in [-0.2, -0.15) is 0 Å². The van der Waals surface area contributed by atoms with E-state index >= 15 is 0 Å². The molecule has 0 aliphatic heterocycles. The van der Waals surface area contributed by atoms with Gasteiger partial charge in [0.25, 0.3) is 0 Å². The van der Waals surface area contributed by atoms with Gasteiger partial charge in [-0.15, -0.1) is 0 Å². The number of aldehydes is 1. The SMILES string of the molecule is CCCCCCCCC=CCCCCCC(CC=O)CCCCCCCCCCCCCCCCCCCCCC. The Morgan fingerprint density at radius 1 is 0.366 bits per heavy atom. The molecule has 1 nitrogen and oxygen atoms in total. The monoisotopic (exact) mass is 575 g/mol. The molecule has 0 aromatic carbocycles. The molecule has 0 heterocycles. The molecule has 0 spiro atoms. The smallest absolute Gasteiger partial charge is 0.120 e. The maximum absolute atomic E-state index is 11.1. The lowest BCUT2D eigenvalue weighted by Gasteiger charge is -2.13. The number of hydrogen-bond acceptors (Lipinski definition) is 1. The van der Waals surface area contributed by atoms with Gasteiger partial charge in [-0.3, -0.25) is 0 Å². The van der Waals surface area contributed by atoms with Crippen molar-refractivity contribution >= 4 is 6.29 Å². The number of hydrogen-bond donors (Lipinski definition) is 0. The van der Waals surface area contributed by atoms with Crippen molar-refractivity contribution in [3.63, 3.8) is 0 Å². The first-order valence-corrected chi connectivity index (χ1v) is 19.4. The molecule has 0 fully saturated rings. The minimum Gasteiger partial charge on any atom is -0.303 e. The molecule has 41 heavy (non-hydrogen) atoms. The van der Waals surface area contributed by atoms with Crippen LogP contribution in [0, 0.1) is 5.92 Å². The second kappa shape index (κ2) is 37.4. The number of allylic oxidation sites excluding steroid dienone is 2. The van der Waals surface area contributed by atoms with Crippen molar-refractivity contribution < 1.29 is 4.79 Å². The van der Waals surface area contributed by atoms with Crippen molar-refractivity contribution in [2.45, 2.75) is 232 Å². The van der Waals surface area contributed by atoms with Gasteiger partial charge in [0.15, 0.2) is 0 Å². The lowest BCUT2D eigenvalue weighted by atomic mass is 9.92. The van der Waals surface area contributed by atoms with Gasteiger partial charge < -0.3 is 4.79 Å². The molecule has 244 valence electrons. The highest BCUT2D eigenvalue weighted by molar-refractivity contribution is 5.49. The first kappa shape index (κ1) is 40.4. The van der Waals surface area contributed by atoms with E-state index in [9.17, 15) is 4.79 Å². The van der Waals surface area contributed by atoms with E-state index in [0.717, 1.165) is 6.42 Å². The number of carbonyl (C=O) groups is 1. The van der Waals surface area contributed by atoms with Crippen LogP contribution in [-0.2, 0) is 4.79 Å². The van der Waals surface area contributed by atoms with Crippen LogP contribution in [0.3, 0.4) is 0 Å². The van der Waals surface area contributed by atoms with Gasteiger partial charge in [-0.25, -0.2) is 0 Å². The van der Waals surface area contributed by atoms with Crippen LogP contribution in [0.2, 0.25) is 0 Å². The summed E-state index contributed by atoms with van der Waals surface area (Å²) in [6, 6.07) is 0. The van der Waals surface area contributed by atoms with Crippen LogP contribution in [0.15, 0.2) is 12.2 Å². The second-order valence-electron chi connectivity index (χ2n) is 13.4. The Morgan fingerprint density at radius 3 is 0.951 bits per heavy atom. The van der Waals surface area contributed by atoms with Crippen molar-refractivity contribution in [2.75, 3.05) is 0 Å². The van der Waals surface area contributed by atoms with Crippen LogP contribution >= 0.6 is 0 Å². The van der Waals surface area contributed by atoms with Crippen molar-refractivity contribution in [3.8, 4) is 0 Å². The summed E-state index contributed by atoms with van der Waals surface area (Å²) in [5.41, 5.74) is 0. The van der Waals surface area contributed by atoms with E-state index < -0.39 is 0 Å². The van der Waals surface area contributed by atoms with E-state index in [0.29, 0.717) is 5.92 Å². The topological polar surface area (TPSA) is 17.1 Å². The van der Waals surface area contributed by atoms with E-state index in [-0.39, 0.29) is 0 Å². The molecule has 1 unspecified atom stereocenters. The lowest BCUT2D eigenvalue weighted by molar-refractivity contribution is -0.108. The zero-order valence-electron chi connectivity index (χ0n) is 28.8. The first-order chi connectivity index (χ1) is 20.3. The van der Waals surface area contributed by atoms with Crippen molar-refractivity contribution in [1.82, 2.24) is 0 Å². The summed E-state index contributed by atoms with van der Waals surface area (Å²) in [5, 5.41) is 0. The van der Waals surface area contributed by atoms with E-state index in [1.54, 1.807) is 0 Å². The van der Waals surface area contributed by atoms with Gasteiger partial charge in [0.1, 0.15) is 6.29 Å². The summed E-state index contributed by atoms with van der Waals surface area (Å²) in [4.78, 5) is 11.1. The molecule has 0 aromatic heterocycles. The summed E-state index contributed by atoms with van der Waals surface area (Å²) < 4.78 is 0. The van der Waals surface area contributed by atoms with Gasteiger partial charge in [0.05, 0.1) is 0 Å². The first-order valence-electron chi connectivity index (χ1n) is 19.4. The Morgan fingerprint density at radius 2 is 0.634 bits per heavy atom. The minimum absolute atomic E-state index is 0.645. The number of rotatable bonds is 36. The molecule has 1 heteroatoms. The zero-order chi connectivity index (χ0) is 29.7. The maximum atomic E-state index is 11.1. The van der Waals surface area contributed by atoms with Crippen molar-refractivity contribution in [2.24, 2.45) is 5.92 Å². The van der Waals surface area contributed by atoms with Crippen molar-refractivity contribution in [1.29, 1.82) is 0 Å². The fourth-order valence-corrected chi connectivity index (χ4v) is 6.35. The Balaban J connectivity index is 3.38.